The summed E-state index contributed by atoms with van der Waals surface area (Å²) in [5.74, 6) is -0.0172. The number of carbonyl (C=O) groups excluding carboxylic acids is 4. The van der Waals surface area contributed by atoms with Crippen molar-refractivity contribution >= 4 is 34.8 Å². The normalized spacial score (nSPS) is 13.1. The van der Waals surface area contributed by atoms with Gasteiger partial charge in [0, 0.05) is 18.2 Å². The third kappa shape index (κ3) is 6.04. The maximum absolute atomic E-state index is 13.3. The minimum atomic E-state index is -0.570. The summed E-state index contributed by atoms with van der Waals surface area (Å²) in [6.45, 7) is -0.0832. The molecule has 0 bridgehead atoms. The molecule has 0 N–H and O–H groups in total. The van der Waals surface area contributed by atoms with Crippen LogP contribution in [0.5, 0.6) is 11.5 Å². The van der Waals surface area contributed by atoms with E-state index in [-0.39, 0.29) is 36.5 Å². The molecule has 1 saturated heterocycles. The van der Waals surface area contributed by atoms with E-state index >= 15 is 0 Å². The average molecular weight is 473 g/mol. The van der Waals surface area contributed by atoms with Crippen LogP contribution in [-0.2, 0) is 27.4 Å². The van der Waals surface area contributed by atoms with E-state index in [4.69, 9.17) is 14.2 Å². The lowest BCUT2D eigenvalue weighted by Gasteiger charge is -2.23. The molecule has 0 unspecified atom stereocenters. The standard InChI is InChI=1S/C23H24N2O7S/c1-30-18-8-16(9-19(10-18)31-2)11-24(13-21(27)32-3)22(28)17-6-4-5-15(7-17)12-25-20(26)14-33-23(25)29/h4-10H,11-14H2,1-3H3. The first-order valence-corrected chi connectivity index (χ1v) is 11.0. The Morgan fingerprint density at radius 1 is 1.00 bits per heavy atom. The number of amides is 3. The molecule has 2 aromatic carbocycles. The van der Waals surface area contributed by atoms with Crippen LogP contribution in [0, 0.1) is 0 Å². The second kappa shape index (κ2) is 10.9. The molecule has 3 rings (SSSR count). The number of hydrogen-bond donors (Lipinski definition) is 0. The van der Waals surface area contributed by atoms with Gasteiger partial charge in [0.1, 0.15) is 18.0 Å². The van der Waals surface area contributed by atoms with Gasteiger partial charge >= 0.3 is 5.97 Å². The number of rotatable bonds is 9. The molecule has 3 amide bonds. The molecule has 0 spiro atoms. The van der Waals surface area contributed by atoms with Crippen molar-refractivity contribution in [3.8, 4) is 11.5 Å². The van der Waals surface area contributed by atoms with Crippen LogP contribution in [0.2, 0.25) is 0 Å². The monoisotopic (exact) mass is 472 g/mol. The molecule has 0 aliphatic carbocycles. The summed E-state index contributed by atoms with van der Waals surface area (Å²) in [6, 6.07) is 11.8. The molecule has 0 aromatic heterocycles. The number of esters is 1. The third-order valence-corrected chi connectivity index (χ3v) is 5.83. The maximum atomic E-state index is 13.3. The van der Waals surface area contributed by atoms with Gasteiger partial charge < -0.3 is 19.1 Å². The first-order valence-electron chi connectivity index (χ1n) is 9.98. The van der Waals surface area contributed by atoms with Crippen molar-refractivity contribution in [1.82, 2.24) is 9.80 Å². The molecule has 33 heavy (non-hydrogen) atoms. The number of thioether (sulfide) groups is 1. The Kier molecular flexibility index (Phi) is 7.94. The van der Waals surface area contributed by atoms with Crippen LogP contribution in [0.1, 0.15) is 21.5 Å². The van der Waals surface area contributed by atoms with Crippen molar-refractivity contribution in [3.63, 3.8) is 0 Å². The molecule has 174 valence electrons. The summed E-state index contributed by atoms with van der Waals surface area (Å²) < 4.78 is 15.3. The van der Waals surface area contributed by atoms with Gasteiger partial charge in [0.2, 0.25) is 5.91 Å². The smallest absolute Gasteiger partial charge is 0.325 e. The number of ether oxygens (including phenoxy) is 3. The number of hydrogen-bond acceptors (Lipinski definition) is 8. The summed E-state index contributed by atoms with van der Waals surface area (Å²) in [6.07, 6.45) is 0. The highest BCUT2D eigenvalue weighted by Crippen LogP contribution is 2.25. The highest BCUT2D eigenvalue weighted by molar-refractivity contribution is 8.14. The van der Waals surface area contributed by atoms with Crippen LogP contribution >= 0.6 is 11.8 Å². The van der Waals surface area contributed by atoms with Gasteiger partial charge in [-0.3, -0.25) is 24.1 Å². The number of benzene rings is 2. The van der Waals surface area contributed by atoms with Crippen LogP contribution in [0.25, 0.3) is 0 Å². The van der Waals surface area contributed by atoms with Gasteiger partial charge in [0.15, 0.2) is 0 Å². The minimum Gasteiger partial charge on any atom is -0.497 e. The van der Waals surface area contributed by atoms with Gasteiger partial charge in [-0.25, -0.2) is 0 Å². The van der Waals surface area contributed by atoms with Gasteiger partial charge in [-0.1, -0.05) is 23.9 Å². The summed E-state index contributed by atoms with van der Waals surface area (Å²) in [5, 5.41) is -0.309. The van der Waals surface area contributed by atoms with E-state index in [9.17, 15) is 19.2 Å². The Balaban J connectivity index is 1.85. The summed E-state index contributed by atoms with van der Waals surface area (Å²) >= 11 is 0.955. The lowest BCUT2D eigenvalue weighted by molar-refractivity contribution is -0.141. The summed E-state index contributed by atoms with van der Waals surface area (Å²) in [5.41, 5.74) is 1.65. The highest BCUT2D eigenvalue weighted by atomic mass is 32.2. The van der Waals surface area contributed by atoms with E-state index in [1.54, 1.807) is 42.5 Å². The van der Waals surface area contributed by atoms with Crippen molar-refractivity contribution in [2.45, 2.75) is 13.1 Å². The molecule has 0 atom stereocenters. The van der Waals surface area contributed by atoms with E-state index < -0.39 is 11.9 Å². The van der Waals surface area contributed by atoms with Gasteiger partial charge in [-0.05, 0) is 35.4 Å². The number of imide groups is 1. The lowest BCUT2D eigenvalue weighted by Crippen LogP contribution is -2.36. The molecular weight excluding hydrogens is 448 g/mol. The van der Waals surface area contributed by atoms with E-state index in [0.29, 0.717) is 28.2 Å². The Bertz CT molecular complexity index is 1030. The van der Waals surface area contributed by atoms with Gasteiger partial charge in [-0.15, -0.1) is 0 Å². The van der Waals surface area contributed by atoms with E-state index in [1.165, 1.54) is 26.2 Å². The molecule has 0 radical (unpaired) electrons. The fourth-order valence-electron chi connectivity index (χ4n) is 3.30. The van der Waals surface area contributed by atoms with Crippen LogP contribution in [0.15, 0.2) is 42.5 Å². The largest absolute Gasteiger partial charge is 0.497 e. The van der Waals surface area contributed by atoms with Crippen molar-refractivity contribution in [1.29, 1.82) is 0 Å². The SMILES string of the molecule is COC(=O)CN(Cc1cc(OC)cc(OC)c1)C(=O)c1cccc(CN2C(=O)CSC2=O)c1. The first-order chi connectivity index (χ1) is 15.8. The quantitative estimate of drug-likeness (QED) is 0.514. The van der Waals surface area contributed by atoms with Crippen LogP contribution in [0.3, 0.4) is 0 Å². The zero-order valence-electron chi connectivity index (χ0n) is 18.5. The van der Waals surface area contributed by atoms with E-state index in [0.717, 1.165) is 16.7 Å². The van der Waals surface area contributed by atoms with Crippen LogP contribution in [-0.4, -0.2) is 66.4 Å². The number of carbonyl (C=O) groups is 4. The average Bonchev–Trinajstić information content (AvgIpc) is 3.14. The number of methoxy groups -OCH3 is 3. The zero-order chi connectivity index (χ0) is 24.0. The molecule has 1 heterocycles. The summed E-state index contributed by atoms with van der Waals surface area (Å²) in [7, 11) is 4.30. The second-order valence-corrected chi connectivity index (χ2v) is 8.12. The fraction of sp³-hybridized carbons (Fsp3) is 0.304. The molecule has 1 aliphatic rings. The van der Waals surface area contributed by atoms with Gasteiger partial charge in [-0.2, -0.15) is 0 Å². The predicted octanol–water partition coefficient (Wildman–Crippen LogP) is 2.71. The molecule has 10 heteroatoms. The predicted molar refractivity (Wildman–Crippen MR) is 121 cm³/mol. The Hall–Kier alpha value is -3.53. The third-order valence-electron chi connectivity index (χ3n) is 4.97. The van der Waals surface area contributed by atoms with Crippen molar-refractivity contribution in [3.05, 3.63) is 59.2 Å². The Morgan fingerprint density at radius 2 is 1.70 bits per heavy atom. The maximum Gasteiger partial charge on any atom is 0.325 e. The van der Waals surface area contributed by atoms with Crippen LogP contribution < -0.4 is 9.47 Å². The lowest BCUT2D eigenvalue weighted by atomic mass is 10.1. The fourth-order valence-corrected chi connectivity index (χ4v) is 4.02. The molecule has 9 nitrogen and oxygen atoms in total. The van der Waals surface area contributed by atoms with E-state index in [2.05, 4.69) is 0 Å². The van der Waals surface area contributed by atoms with E-state index in [1.807, 2.05) is 0 Å². The van der Waals surface area contributed by atoms with Crippen molar-refractivity contribution < 1.29 is 33.4 Å². The van der Waals surface area contributed by atoms with Gasteiger partial charge in [0.05, 0.1) is 33.6 Å². The second-order valence-electron chi connectivity index (χ2n) is 7.19. The summed E-state index contributed by atoms with van der Waals surface area (Å²) in [4.78, 5) is 51.7. The topological polar surface area (TPSA) is 102 Å². The van der Waals surface area contributed by atoms with Crippen molar-refractivity contribution in [2.24, 2.45) is 0 Å². The first kappa shape index (κ1) is 24.1. The molecule has 0 saturated carbocycles. The molecule has 1 aliphatic heterocycles. The Morgan fingerprint density at radius 3 is 2.27 bits per heavy atom. The Labute approximate surface area is 195 Å². The van der Waals surface area contributed by atoms with Gasteiger partial charge in [0.25, 0.3) is 11.1 Å². The molecular formula is C23H24N2O7S. The molecule has 2 aromatic rings. The van der Waals surface area contributed by atoms with Crippen LogP contribution in [0.4, 0.5) is 4.79 Å². The highest BCUT2D eigenvalue weighted by Gasteiger charge is 2.30. The molecule has 1 fully saturated rings. The number of nitrogens with zero attached hydrogens (tertiary/aromatic N) is 2. The minimum absolute atomic E-state index is 0.0792. The van der Waals surface area contributed by atoms with Crippen molar-refractivity contribution in [2.75, 3.05) is 33.6 Å². The zero-order valence-corrected chi connectivity index (χ0v) is 19.3.